The molecule has 1 aliphatic rings. The second-order valence-corrected chi connectivity index (χ2v) is 5.21. The summed E-state index contributed by atoms with van der Waals surface area (Å²) >= 11 is 0. The molecule has 2 aromatic rings. The van der Waals surface area contributed by atoms with Gasteiger partial charge in [-0.1, -0.05) is 0 Å². The van der Waals surface area contributed by atoms with E-state index in [9.17, 15) is 0 Å². The van der Waals surface area contributed by atoms with Gasteiger partial charge in [0.1, 0.15) is 11.3 Å². The zero-order valence-electron chi connectivity index (χ0n) is 11.9. The van der Waals surface area contributed by atoms with Crippen LogP contribution in [0.2, 0.25) is 0 Å². The Kier molecular flexibility index (Phi) is 4.28. The van der Waals surface area contributed by atoms with Crippen LogP contribution in [0.25, 0.3) is 11.2 Å². The highest BCUT2D eigenvalue weighted by molar-refractivity contribution is 5.71. The summed E-state index contributed by atoms with van der Waals surface area (Å²) in [5.41, 5.74) is 1.89. The van der Waals surface area contributed by atoms with Gasteiger partial charge in [-0.15, -0.1) is 0 Å². The van der Waals surface area contributed by atoms with Crippen molar-refractivity contribution in [3.05, 3.63) is 24.2 Å². The molecule has 0 saturated carbocycles. The monoisotopic (exact) mass is 275 g/mol. The van der Waals surface area contributed by atoms with Crippen LogP contribution < -0.4 is 0 Å². The summed E-state index contributed by atoms with van der Waals surface area (Å²) in [5.74, 6) is 1.06. The standard InChI is InChI=1S/C15H21N3O2/c1-19-10-8-18-14(11-12-5-2-3-9-20-12)17-13-6-4-7-16-15(13)18/h4,6-7,12H,2-3,5,8-11H2,1H3. The molecule has 0 radical (unpaired) electrons. The minimum absolute atomic E-state index is 0.293. The zero-order valence-corrected chi connectivity index (χ0v) is 11.9. The average Bonchev–Trinajstić information content (AvgIpc) is 2.83. The van der Waals surface area contributed by atoms with Crippen molar-refractivity contribution in [2.45, 2.75) is 38.3 Å². The van der Waals surface area contributed by atoms with E-state index in [1.165, 1.54) is 12.8 Å². The lowest BCUT2D eigenvalue weighted by molar-refractivity contribution is 0.0151. The van der Waals surface area contributed by atoms with Gasteiger partial charge in [-0.25, -0.2) is 9.97 Å². The van der Waals surface area contributed by atoms with Crippen LogP contribution in [-0.4, -0.2) is 41.0 Å². The van der Waals surface area contributed by atoms with Gasteiger partial charge in [0.05, 0.1) is 12.7 Å². The molecule has 5 nitrogen and oxygen atoms in total. The van der Waals surface area contributed by atoms with Gasteiger partial charge in [0.15, 0.2) is 5.65 Å². The van der Waals surface area contributed by atoms with Crippen molar-refractivity contribution in [1.82, 2.24) is 14.5 Å². The van der Waals surface area contributed by atoms with Crippen molar-refractivity contribution in [1.29, 1.82) is 0 Å². The molecule has 2 aromatic heterocycles. The van der Waals surface area contributed by atoms with Crippen LogP contribution in [0.5, 0.6) is 0 Å². The van der Waals surface area contributed by atoms with Crippen LogP contribution in [0, 0.1) is 0 Å². The van der Waals surface area contributed by atoms with Gasteiger partial charge in [0.25, 0.3) is 0 Å². The highest BCUT2D eigenvalue weighted by Gasteiger charge is 2.19. The van der Waals surface area contributed by atoms with Crippen molar-refractivity contribution in [3.63, 3.8) is 0 Å². The van der Waals surface area contributed by atoms with Crippen LogP contribution in [0.3, 0.4) is 0 Å². The van der Waals surface area contributed by atoms with Gasteiger partial charge in [0, 0.05) is 32.9 Å². The minimum atomic E-state index is 0.293. The van der Waals surface area contributed by atoms with E-state index in [0.717, 1.165) is 43.0 Å². The number of rotatable bonds is 5. The van der Waals surface area contributed by atoms with Gasteiger partial charge >= 0.3 is 0 Å². The molecule has 3 rings (SSSR count). The topological polar surface area (TPSA) is 49.2 Å². The normalized spacial score (nSPS) is 19.6. The fourth-order valence-corrected chi connectivity index (χ4v) is 2.75. The largest absolute Gasteiger partial charge is 0.383 e. The molecule has 0 amide bonds. The maximum Gasteiger partial charge on any atom is 0.160 e. The number of nitrogens with zero attached hydrogens (tertiary/aromatic N) is 3. The SMILES string of the molecule is COCCn1c(CC2CCCCO2)nc2cccnc21. The van der Waals surface area contributed by atoms with Gasteiger partial charge in [-0.3, -0.25) is 0 Å². The zero-order chi connectivity index (χ0) is 13.8. The summed E-state index contributed by atoms with van der Waals surface area (Å²) in [6.45, 7) is 2.33. The maximum absolute atomic E-state index is 5.83. The highest BCUT2D eigenvalue weighted by Crippen LogP contribution is 2.20. The van der Waals surface area contributed by atoms with E-state index in [0.29, 0.717) is 12.7 Å². The molecule has 0 N–H and O–H groups in total. The van der Waals surface area contributed by atoms with Crippen molar-refractivity contribution < 1.29 is 9.47 Å². The molecule has 1 aliphatic heterocycles. The van der Waals surface area contributed by atoms with Gasteiger partial charge in [-0.2, -0.15) is 0 Å². The van der Waals surface area contributed by atoms with E-state index in [-0.39, 0.29) is 0 Å². The summed E-state index contributed by atoms with van der Waals surface area (Å²) in [6, 6.07) is 3.94. The summed E-state index contributed by atoms with van der Waals surface area (Å²) in [4.78, 5) is 9.18. The Balaban J connectivity index is 1.87. The molecule has 1 fully saturated rings. The smallest absolute Gasteiger partial charge is 0.160 e. The molecule has 1 atom stereocenters. The second-order valence-electron chi connectivity index (χ2n) is 5.21. The molecule has 0 aromatic carbocycles. The number of methoxy groups -OCH3 is 1. The van der Waals surface area contributed by atoms with Crippen LogP contribution in [0.15, 0.2) is 18.3 Å². The second kappa shape index (κ2) is 6.33. The average molecular weight is 275 g/mol. The van der Waals surface area contributed by atoms with Gasteiger partial charge in [0.2, 0.25) is 0 Å². The molecule has 1 unspecified atom stereocenters. The number of imidazole rings is 1. The van der Waals surface area contributed by atoms with E-state index in [1.807, 2.05) is 18.3 Å². The first-order chi connectivity index (χ1) is 9.88. The molecule has 0 spiro atoms. The lowest BCUT2D eigenvalue weighted by Gasteiger charge is -2.22. The summed E-state index contributed by atoms with van der Waals surface area (Å²) in [7, 11) is 1.72. The Labute approximate surface area is 118 Å². The molecule has 20 heavy (non-hydrogen) atoms. The molecular weight excluding hydrogens is 254 g/mol. The minimum Gasteiger partial charge on any atom is -0.383 e. The fourth-order valence-electron chi connectivity index (χ4n) is 2.75. The molecule has 0 bridgehead atoms. The number of hydrogen-bond acceptors (Lipinski definition) is 4. The Morgan fingerprint density at radius 3 is 3.20 bits per heavy atom. The van der Waals surface area contributed by atoms with Crippen molar-refractivity contribution in [3.8, 4) is 0 Å². The summed E-state index contributed by atoms with van der Waals surface area (Å²) < 4.78 is 13.2. The molecule has 108 valence electrons. The number of hydrogen-bond donors (Lipinski definition) is 0. The van der Waals surface area contributed by atoms with Crippen molar-refractivity contribution in [2.24, 2.45) is 0 Å². The molecule has 1 saturated heterocycles. The first-order valence-electron chi connectivity index (χ1n) is 7.29. The van der Waals surface area contributed by atoms with Gasteiger partial charge < -0.3 is 14.0 Å². The summed E-state index contributed by atoms with van der Waals surface area (Å²) in [5, 5.41) is 0. The number of aromatic nitrogens is 3. The lowest BCUT2D eigenvalue weighted by atomic mass is 10.1. The highest BCUT2D eigenvalue weighted by atomic mass is 16.5. The predicted octanol–water partition coefficient (Wildman–Crippen LogP) is 2.19. The van der Waals surface area contributed by atoms with Crippen LogP contribution >= 0.6 is 0 Å². The van der Waals surface area contributed by atoms with Gasteiger partial charge in [-0.05, 0) is 31.4 Å². The Morgan fingerprint density at radius 2 is 2.40 bits per heavy atom. The predicted molar refractivity (Wildman–Crippen MR) is 76.7 cm³/mol. The van der Waals surface area contributed by atoms with E-state index in [1.54, 1.807) is 7.11 Å². The van der Waals surface area contributed by atoms with Crippen LogP contribution in [0.4, 0.5) is 0 Å². The lowest BCUT2D eigenvalue weighted by Crippen LogP contribution is -2.23. The Bertz CT molecular complexity index is 561. The Morgan fingerprint density at radius 1 is 1.45 bits per heavy atom. The number of ether oxygens (including phenoxy) is 2. The quantitative estimate of drug-likeness (QED) is 0.839. The maximum atomic E-state index is 5.83. The number of fused-ring (bicyclic) bond motifs is 1. The molecular formula is C15H21N3O2. The van der Waals surface area contributed by atoms with E-state index in [4.69, 9.17) is 14.5 Å². The first kappa shape index (κ1) is 13.5. The van der Waals surface area contributed by atoms with Crippen LogP contribution in [-0.2, 0) is 22.4 Å². The third-order valence-electron chi connectivity index (χ3n) is 3.79. The van der Waals surface area contributed by atoms with E-state index >= 15 is 0 Å². The third kappa shape index (κ3) is 2.83. The molecule has 3 heterocycles. The Hall–Kier alpha value is -1.46. The van der Waals surface area contributed by atoms with Crippen molar-refractivity contribution in [2.75, 3.05) is 20.3 Å². The van der Waals surface area contributed by atoms with E-state index < -0.39 is 0 Å². The third-order valence-corrected chi connectivity index (χ3v) is 3.79. The van der Waals surface area contributed by atoms with Crippen LogP contribution in [0.1, 0.15) is 25.1 Å². The number of pyridine rings is 1. The molecule has 0 aliphatic carbocycles. The first-order valence-corrected chi connectivity index (χ1v) is 7.29. The molecule has 5 heteroatoms. The summed E-state index contributed by atoms with van der Waals surface area (Å²) in [6.07, 6.45) is 6.52. The fraction of sp³-hybridized carbons (Fsp3) is 0.600. The van der Waals surface area contributed by atoms with Crippen molar-refractivity contribution >= 4 is 11.2 Å². The van der Waals surface area contributed by atoms with E-state index in [2.05, 4.69) is 9.55 Å².